The number of hydrogen-bond donors (Lipinski definition) is 0. The third-order valence-corrected chi connectivity index (χ3v) is 6.48. The Morgan fingerprint density at radius 1 is 1.32 bits per heavy atom. The number of thiazole rings is 1. The van der Waals surface area contributed by atoms with Gasteiger partial charge in [-0.05, 0) is 42.0 Å². The van der Waals surface area contributed by atoms with Crippen molar-refractivity contribution in [1.29, 1.82) is 0 Å². The van der Waals surface area contributed by atoms with Crippen molar-refractivity contribution in [2.75, 3.05) is 6.54 Å². The molecule has 0 radical (unpaired) electrons. The van der Waals surface area contributed by atoms with Crippen molar-refractivity contribution in [2.24, 2.45) is 0 Å². The predicted molar refractivity (Wildman–Crippen MR) is 102 cm³/mol. The third-order valence-electron chi connectivity index (χ3n) is 4.57. The molecule has 0 bridgehead atoms. The zero-order valence-electron chi connectivity index (χ0n) is 14.0. The van der Waals surface area contributed by atoms with Gasteiger partial charge in [0.05, 0.1) is 23.9 Å². The summed E-state index contributed by atoms with van der Waals surface area (Å²) in [7, 11) is 0. The van der Waals surface area contributed by atoms with Gasteiger partial charge < -0.3 is 4.90 Å². The summed E-state index contributed by atoms with van der Waals surface area (Å²) in [6.07, 6.45) is 4.04. The first-order valence-electron chi connectivity index (χ1n) is 8.47. The van der Waals surface area contributed by atoms with Crippen LogP contribution >= 0.6 is 22.7 Å². The van der Waals surface area contributed by atoms with Crippen LogP contribution in [-0.4, -0.2) is 27.3 Å². The van der Waals surface area contributed by atoms with Gasteiger partial charge in [-0.25, -0.2) is 4.98 Å². The number of aromatic nitrogens is 2. The van der Waals surface area contributed by atoms with Gasteiger partial charge in [0.1, 0.15) is 5.01 Å². The molecule has 1 aliphatic heterocycles. The monoisotopic (exact) mass is 369 g/mol. The number of nitrogens with zero attached hydrogens (tertiary/aromatic N) is 3. The van der Waals surface area contributed by atoms with E-state index in [-0.39, 0.29) is 11.9 Å². The number of hydrogen-bond acceptors (Lipinski definition) is 5. The van der Waals surface area contributed by atoms with E-state index >= 15 is 0 Å². The highest BCUT2D eigenvalue weighted by atomic mass is 32.1. The highest BCUT2D eigenvalue weighted by Crippen LogP contribution is 2.35. The van der Waals surface area contributed by atoms with Crippen LogP contribution in [0.2, 0.25) is 0 Å². The molecule has 0 spiro atoms. The molecule has 4 heterocycles. The number of pyridine rings is 1. The van der Waals surface area contributed by atoms with Crippen LogP contribution in [0.5, 0.6) is 0 Å². The Kier molecular flexibility index (Phi) is 4.63. The van der Waals surface area contributed by atoms with Crippen molar-refractivity contribution in [3.63, 3.8) is 0 Å². The van der Waals surface area contributed by atoms with Crippen molar-refractivity contribution in [2.45, 2.75) is 32.2 Å². The molecule has 0 N–H and O–H groups in total. The highest BCUT2D eigenvalue weighted by Gasteiger charge is 2.30. The highest BCUT2D eigenvalue weighted by molar-refractivity contribution is 7.13. The Morgan fingerprint density at radius 2 is 2.24 bits per heavy atom. The average Bonchev–Trinajstić information content (AvgIpc) is 3.30. The molecular formula is C19H19N3OS2. The first kappa shape index (κ1) is 16.4. The number of rotatable bonds is 4. The molecule has 128 valence electrons. The Bertz CT molecular complexity index is 872. The van der Waals surface area contributed by atoms with Crippen molar-refractivity contribution in [1.82, 2.24) is 14.9 Å². The third kappa shape index (κ3) is 3.24. The van der Waals surface area contributed by atoms with E-state index in [1.165, 1.54) is 10.4 Å². The number of amides is 1. The van der Waals surface area contributed by atoms with Gasteiger partial charge in [-0.2, -0.15) is 0 Å². The van der Waals surface area contributed by atoms with Crippen molar-refractivity contribution in [3.05, 3.63) is 57.4 Å². The van der Waals surface area contributed by atoms with Gasteiger partial charge in [0, 0.05) is 23.0 Å². The van der Waals surface area contributed by atoms with E-state index in [0.29, 0.717) is 6.42 Å². The fourth-order valence-electron chi connectivity index (χ4n) is 3.39. The molecule has 3 aromatic rings. The van der Waals surface area contributed by atoms with Crippen LogP contribution in [0.1, 0.15) is 35.5 Å². The maximum Gasteiger partial charge on any atom is 0.229 e. The minimum absolute atomic E-state index is 0.168. The minimum atomic E-state index is 0.168. The molecule has 3 aromatic heterocycles. The van der Waals surface area contributed by atoms with E-state index in [2.05, 4.69) is 28.3 Å². The van der Waals surface area contributed by atoms with Crippen LogP contribution in [0, 0.1) is 0 Å². The summed E-state index contributed by atoms with van der Waals surface area (Å²) in [5, 5.41) is 4.98. The smallest absolute Gasteiger partial charge is 0.229 e. The van der Waals surface area contributed by atoms with E-state index in [1.807, 2.05) is 39.8 Å². The number of carbonyl (C=O) groups is 1. The Balaban J connectivity index is 1.50. The molecule has 0 aliphatic carbocycles. The molecule has 6 heteroatoms. The summed E-state index contributed by atoms with van der Waals surface area (Å²) < 4.78 is 0. The molecule has 1 unspecified atom stereocenters. The summed E-state index contributed by atoms with van der Waals surface area (Å²) in [4.78, 5) is 25.3. The van der Waals surface area contributed by atoms with Crippen LogP contribution in [0.3, 0.4) is 0 Å². The fraction of sp³-hybridized carbons (Fsp3) is 0.316. The topological polar surface area (TPSA) is 46.1 Å². The lowest BCUT2D eigenvalue weighted by atomic mass is 9.97. The quantitative estimate of drug-likeness (QED) is 0.687. The lowest BCUT2D eigenvalue weighted by molar-refractivity contribution is -0.133. The maximum absolute atomic E-state index is 12.9. The van der Waals surface area contributed by atoms with Gasteiger partial charge >= 0.3 is 0 Å². The molecule has 0 aromatic carbocycles. The predicted octanol–water partition coefficient (Wildman–Crippen LogP) is 4.35. The summed E-state index contributed by atoms with van der Waals surface area (Å²) in [6, 6.07) is 8.17. The zero-order chi connectivity index (χ0) is 17.2. The Labute approximate surface area is 155 Å². The van der Waals surface area contributed by atoms with Crippen molar-refractivity contribution in [3.8, 4) is 10.7 Å². The van der Waals surface area contributed by atoms with Crippen molar-refractivity contribution >= 4 is 28.6 Å². The van der Waals surface area contributed by atoms with Crippen LogP contribution < -0.4 is 0 Å². The van der Waals surface area contributed by atoms with Gasteiger partial charge in [0.15, 0.2) is 0 Å². The molecule has 0 saturated carbocycles. The fourth-order valence-corrected chi connectivity index (χ4v) is 5.11. The van der Waals surface area contributed by atoms with Gasteiger partial charge in [0.25, 0.3) is 0 Å². The van der Waals surface area contributed by atoms with Crippen LogP contribution in [-0.2, 0) is 17.6 Å². The van der Waals surface area contributed by atoms with Crippen LogP contribution in [0.25, 0.3) is 10.7 Å². The van der Waals surface area contributed by atoms with Gasteiger partial charge in [-0.3, -0.25) is 9.78 Å². The van der Waals surface area contributed by atoms with E-state index in [0.717, 1.165) is 35.8 Å². The van der Waals surface area contributed by atoms with E-state index < -0.39 is 0 Å². The van der Waals surface area contributed by atoms with E-state index in [1.54, 1.807) is 17.5 Å². The first-order valence-corrected chi connectivity index (χ1v) is 10.2. The molecule has 0 fully saturated rings. The van der Waals surface area contributed by atoms with E-state index in [4.69, 9.17) is 0 Å². The molecule has 0 saturated heterocycles. The SMILES string of the molecule is CCC1c2ccsc2CCN1C(=O)Cc1csc(-c2ccccn2)n1. The zero-order valence-corrected chi connectivity index (χ0v) is 15.6. The molecule has 1 aliphatic rings. The lowest BCUT2D eigenvalue weighted by Crippen LogP contribution is -2.40. The number of thiophene rings is 1. The second-order valence-electron chi connectivity index (χ2n) is 6.10. The molecule has 4 nitrogen and oxygen atoms in total. The second-order valence-corrected chi connectivity index (χ2v) is 7.95. The van der Waals surface area contributed by atoms with E-state index in [9.17, 15) is 4.79 Å². The number of fused-ring (bicyclic) bond motifs is 1. The average molecular weight is 370 g/mol. The summed E-state index contributed by atoms with van der Waals surface area (Å²) >= 11 is 3.35. The van der Waals surface area contributed by atoms with Gasteiger partial charge in [-0.1, -0.05) is 13.0 Å². The summed E-state index contributed by atoms with van der Waals surface area (Å²) in [5.74, 6) is 0.168. The van der Waals surface area contributed by atoms with Crippen molar-refractivity contribution < 1.29 is 4.79 Å². The summed E-state index contributed by atoms with van der Waals surface area (Å²) in [5.41, 5.74) is 3.03. The van der Waals surface area contributed by atoms with Gasteiger partial charge in [-0.15, -0.1) is 22.7 Å². The second kappa shape index (κ2) is 7.06. The standard InChI is InChI=1S/C19H19N3OS2/c1-2-16-14-7-10-24-17(14)6-9-22(16)18(23)11-13-12-25-19(21-13)15-5-3-4-8-20-15/h3-5,7-8,10,12,16H,2,6,9,11H2,1H3. The Morgan fingerprint density at radius 3 is 3.04 bits per heavy atom. The lowest BCUT2D eigenvalue weighted by Gasteiger charge is -2.35. The Hall–Kier alpha value is -2.05. The minimum Gasteiger partial charge on any atom is -0.335 e. The summed E-state index contributed by atoms with van der Waals surface area (Å²) in [6.45, 7) is 2.96. The molecule has 25 heavy (non-hydrogen) atoms. The molecular weight excluding hydrogens is 350 g/mol. The normalized spacial score (nSPS) is 16.7. The maximum atomic E-state index is 12.9. The van der Waals surface area contributed by atoms with Crippen LogP contribution in [0.15, 0.2) is 41.2 Å². The number of carbonyl (C=O) groups excluding carboxylic acids is 1. The van der Waals surface area contributed by atoms with Crippen LogP contribution in [0.4, 0.5) is 0 Å². The molecule has 4 rings (SSSR count). The molecule has 1 atom stereocenters. The molecule has 1 amide bonds. The first-order chi connectivity index (χ1) is 12.3. The largest absolute Gasteiger partial charge is 0.335 e. The van der Waals surface area contributed by atoms with Gasteiger partial charge in [0.2, 0.25) is 5.91 Å².